The predicted molar refractivity (Wildman–Crippen MR) is 111 cm³/mol. The summed E-state index contributed by atoms with van der Waals surface area (Å²) in [5.41, 5.74) is 1.71. The lowest BCUT2D eigenvalue weighted by molar-refractivity contribution is 0.0952. The largest absolute Gasteiger partial charge is 0.373 e. The van der Waals surface area contributed by atoms with Crippen molar-refractivity contribution in [2.75, 3.05) is 36.5 Å². The lowest BCUT2D eigenvalue weighted by Crippen LogP contribution is -2.33. The molecule has 1 saturated heterocycles. The van der Waals surface area contributed by atoms with Crippen LogP contribution in [0.4, 0.5) is 5.69 Å². The normalized spacial score (nSPS) is 18.2. The Morgan fingerprint density at radius 1 is 1.15 bits per heavy atom. The summed E-state index contributed by atoms with van der Waals surface area (Å²) in [6.07, 6.45) is 0.644. The van der Waals surface area contributed by atoms with E-state index in [9.17, 15) is 13.2 Å². The minimum Gasteiger partial charge on any atom is -0.373 e. The standard InChI is InChI=1S/C20H24N2O3S2/c1-22(16-7-3-2-4-8-16)13-12-21-20(23)18-9-5-6-10-19(18)26-17-11-14-27(24,25)15-17/h2-10,17H,11-15H2,1H3,(H,21,23). The van der Waals surface area contributed by atoms with E-state index < -0.39 is 9.84 Å². The number of hydrogen-bond acceptors (Lipinski definition) is 5. The van der Waals surface area contributed by atoms with Crippen molar-refractivity contribution in [1.29, 1.82) is 0 Å². The molecular weight excluding hydrogens is 380 g/mol. The van der Waals surface area contributed by atoms with E-state index in [1.54, 1.807) is 6.07 Å². The van der Waals surface area contributed by atoms with Crippen molar-refractivity contribution in [2.24, 2.45) is 0 Å². The van der Waals surface area contributed by atoms with Gasteiger partial charge in [-0.3, -0.25) is 4.79 Å². The molecule has 0 aliphatic carbocycles. The molecule has 0 radical (unpaired) electrons. The zero-order chi connectivity index (χ0) is 19.3. The van der Waals surface area contributed by atoms with E-state index in [1.807, 2.05) is 55.6 Å². The number of amides is 1. The summed E-state index contributed by atoms with van der Waals surface area (Å²) in [4.78, 5) is 15.6. The van der Waals surface area contributed by atoms with Crippen LogP contribution in [0.2, 0.25) is 0 Å². The molecule has 0 aromatic heterocycles. The molecule has 1 aliphatic rings. The second-order valence-corrected chi connectivity index (χ2v) is 10.2. The molecule has 0 bridgehead atoms. The van der Waals surface area contributed by atoms with Gasteiger partial charge in [-0.25, -0.2) is 8.42 Å². The molecule has 3 rings (SSSR count). The maximum atomic E-state index is 12.6. The molecule has 27 heavy (non-hydrogen) atoms. The first-order valence-corrected chi connectivity index (χ1v) is 11.7. The molecule has 0 spiro atoms. The number of hydrogen-bond donors (Lipinski definition) is 1. The number of carbonyl (C=O) groups excluding carboxylic acids is 1. The van der Waals surface area contributed by atoms with Crippen molar-refractivity contribution in [3.8, 4) is 0 Å². The van der Waals surface area contributed by atoms with Crippen LogP contribution in [0, 0.1) is 0 Å². The van der Waals surface area contributed by atoms with Crippen molar-refractivity contribution in [3.05, 3.63) is 60.2 Å². The summed E-state index contributed by atoms with van der Waals surface area (Å²) in [6.45, 7) is 1.23. The number of benzene rings is 2. The minimum atomic E-state index is -2.93. The average Bonchev–Trinajstić information content (AvgIpc) is 3.01. The topological polar surface area (TPSA) is 66.5 Å². The quantitative estimate of drug-likeness (QED) is 0.769. The SMILES string of the molecule is CN(CCNC(=O)c1ccccc1SC1CCS(=O)(=O)C1)c1ccccc1. The van der Waals surface area contributed by atoms with Gasteiger partial charge in [0, 0.05) is 36.0 Å². The fourth-order valence-electron chi connectivity index (χ4n) is 3.03. The van der Waals surface area contributed by atoms with Gasteiger partial charge in [0.2, 0.25) is 0 Å². The molecule has 1 atom stereocenters. The van der Waals surface area contributed by atoms with Gasteiger partial charge in [0.1, 0.15) is 0 Å². The summed E-state index contributed by atoms with van der Waals surface area (Å²) in [7, 11) is -0.934. The summed E-state index contributed by atoms with van der Waals surface area (Å²) in [6, 6.07) is 17.4. The number of thioether (sulfide) groups is 1. The van der Waals surface area contributed by atoms with Crippen molar-refractivity contribution < 1.29 is 13.2 Å². The average molecular weight is 405 g/mol. The zero-order valence-electron chi connectivity index (χ0n) is 15.3. The van der Waals surface area contributed by atoms with Gasteiger partial charge in [-0.1, -0.05) is 30.3 Å². The molecule has 1 aliphatic heterocycles. The van der Waals surface area contributed by atoms with Gasteiger partial charge in [-0.15, -0.1) is 11.8 Å². The van der Waals surface area contributed by atoms with Crippen LogP contribution in [0.25, 0.3) is 0 Å². The number of nitrogens with one attached hydrogen (secondary N) is 1. The van der Waals surface area contributed by atoms with Crippen molar-refractivity contribution in [3.63, 3.8) is 0 Å². The lowest BCUT2D eigenvalue weighted by atomic mass is 10.2. The third-order valence-corrected chi connectivity index (χ3v) is 7.87. The van der Waals surface area contributed by atoms with Crippen LogP contribution >= 0.6 is 11.8 Å². The molecule has 1 unspecified atom stereocenters. The van der Waals surface area contributed by atoms with Crippen molar-refractivity contribution >= 4 is 33.2 Å². The maximum absolute atomic E-state index is 12.6. The molecule has 7 heteroatoms. The summed E-state index contributed by atoms with van der Waals surface area (Å²) in [5, 5.41) is 2.99. The Kier molecular flexibility index (Phi) is 6.44. The Hall–Kier alpha value is -1.99. The monoisotopic (exact) mass is 404 g/mol. The summed E-state index contributed by atoms with van der Waals surface area (Å²) in [5.74, 6) is 0.306. The second-order valence-electron chi connectivity index (χ2n) is 6.65. The second kappa shape index (κ2) is 8.80. The fourth-order valence-corrected chi connectivity index (χ4v) is 6.66. The highest BCUT2D eigenvalue weighted by molar-refractivity contribution is 8.02. The Bertz CT molecular complexity index is 885. The number of nitrogens with zero attached hydrogens (tertiary/aromatic N) is 1. The number of sulfone groups is 1. The Morgan fingerprint density at radius 2 is 1.85 bits per heavy atom. The highest BCUT2D eigenvalue weighted by atomic mass is 32.2. The van der Waals surface area contributed by atoms with Crippen LogP contribution in [0.1, 0.15) is 16.8 Å². The van der Waals surface area contributed by atoms with Gasteiger partial charge < -0.3 is 10.2 Å². The van der Waals surface area contributed by atoms with E-state index in [0.717, 1.165) is 10.6 Å². The Morgan fingerprint density at radius 3 is 2.56 bits per heavy atom. The van der Waals surface area contributed by atoms with Gasteiger partial charge >= 0.3 is 0 Å². The molecule has 1 N–H and O–H groups in total. The van der Waals surface area contributed by atoms with E-state index in [-0.39, 0.29) is 22.7 Å². The predicted octanol–water partition coefficient (Wildman–Crippen LogP) is 2.83. The fraction of sp³-hybridized carbons (Fsp3) is 0.350. The van der Waals surface area contributed by atoms with Crippen molar-refractivity contribution in [1.82, 2.24) is 5.32 Å². The Labute approximate surface area is 165 Å². The number of para-hydroxylation sites is 1. The number of likely N-dealkylation sites (N-methyl/N-ethyl adjacent to an activating group) is 1. The van der Waals surface area contributed by atoms with Gasteiger partial charge in [0.05, 0.1) is 17.1 Å². The smallest absolute Gasteiger partial charge is 0.252 e. The first-order valence-electron chi connectivity index (χ1n) is 8.95. The molecular formula is C20H24N2O3S2. The van der Waals surface area contributed by atoms with Crippen LogP contribution in [-0.2, 0) is 9.84 Å². The van der Waals surface area contributed by atoms with Gasteiger partial charge in [-0.05, 0) is 30.7 Å². The van der Waals surface area contributed by atoms with Gasteiger partial charge in [0.25, 0.3) is 5.91 Å². The van der Waals surface area contributed by atoms with Crippen LogP contribution < -0.4 is 10.2 Å². The molecule has 1 heterocycles. The van der Waals surface area contributed by atoms with Gasteiger partial charge in [-0.2, -0.15) is 0 Å². The van der Waals surface area contributed by atoms with Crippen LogP contribution in [0.5, 0.6) is 0 Å². The molecule has 144 valence electrons. The van der Waals surface area contributed by atoms with Crippen LogP contribution in [0.3, 0.4) is 0 Å². The number of carbonyl (C=O) groups is 1. The third-order valence-electron chi connectivity index (χ3n) is 4.55. The van der Waals surface area contributed by atoms with Crippen LogP contribution in [0.15, 0.2) is 59.5 Å². The van der Waals surface area contributed by atoms with E-state index >= 15 is 0 Å². The molecule has 2 aromatic rings. The van der Waals surface area contributed by atoms with E-state index in [1.165, 1.54) is 11.8 Å². The molecule has 2 aromatic carbocycles. The first-order chi connectivity index (χ1) is 12.9. The number of rotatable bonds is 7. The molecule has 5 nitrogen and oxygen atoms in total. The summed E-state index contributed by atoms with van der Waals surface area (Å²) < 4.78 is 23.3. The zero-order valence-corrected chi connectivity index (χ0v) is 16.9. The van der Waals surface area contributed by atoms with Crippen LogP contribution in [-0.4, -0.2) is 51.2 Å². The molecule has 1 fully saturated rings. The highest BCUT2D eigenvalue weighted by Crippen LogP contribution is 2.33. The molecule has 0 saturated carbocycles. The van der Waals surface area contributed by atoms with E-state index in [0.29, 0.717) is 25.1 Å². The van der Waals surface area contributed by atoms with E-state index in [4.69, 9.17) is 0 Å². The maximum Gasteiger partial charge on any atom is 0.252 e. The van der Waals surface area contributed by atoms with E-state index in [2.05, 4.69) is 10.2 Å². The highest BCUT2D eigenvalue weighted by Gasteiger charge is 2.29. The molecule has 1 amide bonds. The first kappa shape index (κ1) is 19.8. The summed E-state index contributed by atoms with van der Waals surface area (Å²) >= 11 is 1.49. The Balaban J connectivity index is 1.57. The van der Waals surface area contributed by atoms with Gasteiger partial charge in [0.15, 0.2) is 9.84 Å². The minimum absolute atomic E-state index is 0.0214. The number of anilines is 1. The third kappa shape index (κ3) is 5.49. The van der Waals surface area contributed by atoms with Crippen molar-refractivity contribution in [2.45, 2.75) is 16.6 Å². The lowest BCUT2D eigenvalue weighted by Gasteiger charge is -2.19.